The minimum Gasteiger partial charge on any atom is -0.349 e. The molecular weight excluding hydrogens is 426 g/mol. The molecule has 1 amide bonds. The average molecular weight is 450 g/mol. The maximum atomic E-state index is 12.9. The molecular formula is C19H23N5O4S2. The normalized spacial score (nSPS) is 20.7. The van der Waals surface area contributed by atoms with Gasteiger partial charge in [-0.2, -0.15) is 0 Å². The van der Waals surface area contributed by atoms with E-state index < -0.39 is 15.4 Å². The van der Waals surface area contributed by atoms with Crippen LogP contribution in [-0.4, -0.2) is 56.3 Å². The summed E-state index contributed by atoms with van der Waals surface area (Å²) in [4.78, 5) is 25.3. The summed E-state index contributed by atoms with van der Waals surface area (Å²) in [5.74, 6) is 0.294. The van der Waals surface area contributed by atoms with Gasteiger partial charge in [0.1, 0.15) is 0 Å². The van der Waals surface area contributed by atoms with Gasteiger partial charge in [0, 0.05) is 6.54 Å². The van der Waals surface area contributed by atoms with Crippen molar-refractivity contribution in [2.75, 3.05) is 17.3 Å². The number of carbonyl (C=O) groups excluding carboxylic acids is 1. The SMILES string of the molecule is CCCn1c(=O)c2ccccc2n2c(SCC(=O)NC3(C)CCS(=O)(=O)C3)nnc12. The van der Waals surface area contributed by atoms with Gasteiger partial charge in [-0.15, -0.1) is 10.2 Å². The van der Waals surface area contributed by atoms with Gasteiger partial charge in [0.2, 0.25) is 11.7 Å². The molecule has 1 aliphatic heterocycles. The Morgan fingerprint density at radius 1 is 1.30 bits per heavy atom. The van der Waals surface area contributed by atoms with Crippen LogP contribution in [0.25, 0.3) is 16.7 Å². The van der Waals surface area contributed by atoms with Crippen LogP contribution >= 0.6 is 11.8 Å². The molecule has 1 unspecified atom stereocenters. The van der Waals surface area contributed by atoms with Crippen LogP contribution in [-0.2, 0) is 21.2 Å². The molecule has 0 saturated carbocycles. The zero-order chi connectivity index (χ0) is 21.5. The summed E-state index contributed by atoms with van der Waals surface area (Å²) in [6.45, 7) is 4.26. The van der Waals surface area contributed by atoms with E-state index >= 15 is 0 Å². The molecule has 4 rings (SSSR count). The molecule has 0 bridgehead atoms. The number of benzene rings is 1. The number of nitrogens with one attached hydrogen (secondary N) is 1. The highest BCUT2D eigenvalue weighted by Crippen LogP contribution is 2.24. The Morgan fingerprint density at radius 2 is 2.07 bits per heavy atom. The molecule has 1 aliphatic rings. The second-order valence-corrected chi connectivity index (χ2v) is 11.0. The number of thioether (sulfide) groups is 1. The van der Waals surface area contributed by atoms with Crippen LogP contribution in [0.4, 0.5) is 0 Å². The van der Waals surface area contributed by atoms with Gasteiger partial charge in [0.25, 0.3) is 5.56 Å². The number of aromatic nitrogens is 4. The lowest BCUT2D eigenvalue weighted by Gasteiger charge is -2.23. The zero-order valence-corrected chi connectivity index (χ0v) is 18.4. The van der Waals surface area contributed by atoms with Crippen LogP contribution in [0.2, 0.25) is 0 Å². The Morgan fingerprint density at radius 3 is 2.77 bits per heavy atom. The second kappa shape index (κ2) is 7.69. The fraction of sp³-hybridized carbons (Fsp3) is 0.474. The quantitative estimate of drug-likeness (QED) is 0.563. The van der Waals surface area contributed by atoms with Gasteiger partial charge in [-0.3, -0.25) is 18.6 Å². The molecule has 1 aromatic carbocycles. The third-order valence-electron chi connectivity index (χ3n) is 5.20. The van der Waals surface area contributed by atoms with Crippen LogP contribution < -0.4 is 10.9 Å². The van der Waals surface area contributed by atoms with Gasteiger partial charge in [-0.25, -0.2) is 8.42 Å². The average Bonchev–Trinajstić information content (AvgIpc) is 3.23. The van der Waals surface area contributed by atoms with Gasteiger partial charge in [-0.1, -0.05) is 30.8 Å². The maximum Gasteiger partial charge on any atom is 0.262 e. The first-order valence-corrected chi connectivity index (χ1v) is 12.5. The van der Waals surface area contributed by atoms with E-state index in [1.54, 1.807) is 22.0 Å². The zero-order valence-electron chi connectivity index (χ0n) is 16.8. The first-order chi connectivity index (χ1) is 14.2. The van der Waals surface area contributed by atoms with Crippen molar-refractivity contribution in [2.45, 2.75) is 43.9 Å². The Hall–Kier alpha value is -2.40. The van der Waals surface area contributed by atoms with Gasteiger partial charge in [-0.05, 0) is 31.9 Å². The van der Waals surface area contributed by atoms with Crippen LogP contribution in [0.1, 0.15) is 26.7 Å². The fourth-order valence-electron chi connectivity index (χ4n) is 3.86. The van der Waals surface area contributed by atoms with E-state index in [-0.39, 0.29) is 28.7 Å². The van der Waals surface area contributed by atoms with E-state index in [9.17, 15) is 18.0 Å². The number of fused-ring (bicyclic) bond motifs is 3. The molecule has 0 spiro atoms. The smallest absolute Gasteiger partial charge is 0.262 e. The van der Waals surface area contributed by atoms with Crippen molar-refractivity contribution in [1.82, 2.24) is 24.5 Å². The maximum absolute atomic E-state index is 12.9. The first kappa shape index (κ1) is 20.9. The molecule has 3 heterocycles. The van der Waals surface area contributed by atoms with Gasteiger partial charge in [0.05, 0.1) is 33.7 Å². The molecule has 0 aliphatic carbocycles. The van der Waals surface area contributed by atoms with E-state index in [1.165, 1.54) is 11.8 Å². The summed E-state index contributed by atoms with van der Waals surface area (Å²) in [5, 5.41) is 12.3. The number of carbonyl (C=O) groups is 1. The number of sulfone groups is 1. The van der Waals surface area contributed by atoms with E-state index in [0.29, 0.717) is 34.8 Å². The minimum absolute atomic E-state index is 0.0435. The summed E-state index contributed by atoms with van der Waals surface area (Å²) < 4.78 is 26.9. The lowest BCUT2D eigenvalue weighted by atomic mass is 10.0. The highest BCUT2D eigenvalue weighted by Gasteiger charge is 2.39. The molecule has 9 nitrogen and oxygen atoms in total. The summed E-state index contributed by atoms with van der Waals surface area (Å²) >= 11 is 1.21. The van der Waals surface area contributed by atoms with E-state index in [1.807, 2.05) is 25.1 Å². The molecule has 1 fully saturated rings. The Balaban J connectivity index is 1.63. The molecule has 2 aromatic heterocycles. The predicted molar refractivity (Wildman–Crippen MR) is 116 cm³/mol. The molecule has 1 atom stereocenters. The van der Waals surface area contributed by atoms with Gasteiger partial charge in [0.15, 0.2) is 15.0 Å². The molecule has 3 aromatic rings. The third-order valence-corrected chi connectivity index (χ3v) is 8.03. The number of hydrogen-bond acceptors (Lipinski definition) is 7. The van der Waals surface area contributed by atoms with E-state index in [0.717, 1.165) is 6.42 Å². The number of nitrogens with zero attached hydrogens (tertiary/aromatic N) is 4. The molecule has 11 heteroatoms. The number of hydrogen-bond donors (Lipinski definition) is 1. The van der Waals surface area contributed by atoms with Crippen molar-refractivity contribution in [3.63, 3.8) is 0 Å². The molecule has 30 heavy (non-hydrogen) atoms. The largest absolute Gasteiger partial charge is 0.349 e. The number of aryl methyl sites for hydroxylation is 1. The molecule has 0 radical (unpaired) electrons. The standard InChI is InChI=1S/C19H23N5O4S2/c1-3-9-23-16(26)13-6-4-5-7-14(13)24-17(23)21-22-18(24)29-11-15(25)20-19(2)8-10-30(27,28)12-19/h4-7H,3,8-12H2,1-2H3,(H,20,25). The molecule has 1 saturated heterocycles. The molecule has 160 valence electrons. The minimum atomic E-state index is -3.11. The highest BCUT2D eigenvalue weighted by atomic mass is 32.2. The van der Waals surface area contributed by atoms with Gasteiger partial charge < -0.3 is 5.32 Å². The Kier molecular flexibility index (Phi) is 5.35. The summed E-state index contributed by atoms with van der Waals surface area (Å²) in [6, 6.07) is 7.25. The van der Waals surface area contributed by atoms with Crippen LogP contribution in [0.15, 0.2) is 34.2 Å². The monoisotopic (exact) mass is 449 g/mol. The summed E-state index contributed by atoms with van der Waals surface area (Å²) in [5.41, 5.74) is -0.166. The van der Waals surface area contributed by atoms with E-state index in [2.05, 4.69) is 15.5 Å². The fourth-order valence-corrected chi connectivity index (χ4v) is 6.70. The number of para-hydroxylation sites is 1. The van der Waals surface area contributed by atoms with Crippen molar-refractivity contribution in [2.24, 2.45) is 0 Å². The van der Waals surface area contributed by atoms with Crippen LogP contribution in [0.3, 0.4) is 0 Å². The van der Waals surface area contributed by atoms with E-state index in [4.69, 9.17) is 0 Å². The number of amides is 1. The van der Waals surface area contributed by atoms with Crippen molar-refractivity contribution in [3.05, 3.63) is 34.6 Å². The summed E-state index contributed by atoms with van der Waals surface area (Å²) in [6.07, 6.45) is 1.18. The topological polar surface area (TPSA) is 115 Å². The van der Waals surface area contributed by atoms with Gasteiger partial charge >= 0.3 is 0 Å². The van der Waals surface area contributed by atoms with Crippen LogP contribution in [0.5, 0.6) is 0 Å². The van der Waals surface area contributed by atoms with Crippen molar-refractivity contribution < 1.29 is 13.2 Å². The third kappa shape index (κ3) is 3.83. The van der Waals surface area contributed by atoms with Crippen molar-refractivity contribution >= 4 is 44.2 Å². The highest BCUT2D eigenvalue weighted by molar-refractivity contribution is 7.99. The lowest BCUT2D eigenvalue weighted by Crippen LogP contribution is -2.47. The predicted octanol–water partition coefficient (Wildman–Crippen LogP) is 1.24. The Bertz CT molecular complexity index is 1300. The summed E-state index contributed by atoms with van der Waals surface area (Å²) in [7, 11) is -3.11. The molecule has 1 N–H and O–H groups in total. The first-order valence-electron chi connectivity index (χ1n) is 9.74. The van der Waals surface area contributed by atoms with Crippen molar-refractivity contribution in [3.8, 4) is 0 Å². The number of rotatable bonds is 6. The Labute approximate surface area is 177 Å². The van der Waals surface area contributed by atoms with Crippen LogP contribution in [0, 0.1) is 0 Å². The van der Waals surface area contributed by atoms with Crippen molar-refractivity contribution in [1.29, 1.82) is 0 Å². The second-order valence-electron chi connectivity index (χ2n) is 7.83. The lowest BCUT2D eigenvalue weighted by molar-refractivity contribution is -0.120.